The molecule has 1 aliphatic rings. The van der Waals surface area contributed by atoms with E-state index in [4.69, 9.17) is 27.9 Å². The molecular weight excluding hydrogens is 265 g/mol. The molecular formula is C9H9Cl2N5O. The Hall–Kier alpha value is -1.11. The molecule has 0 spiro atoms. The molecule has 1 aliphatic heterocycles. The predicted octanol–water partition coefficient (Wildman–Crippen LogP) is 1.27. The van der Waals surface area contributed by atoms with Gasteiger partial charge >= 0.3 is 0 Å². The summed E-state index contributed by atoms with van der Waals surface area (Å²) >= 11 is 11.8. The smallest absolute Gasteiger partial charge is 0.256 e. The van der Waals surface area contributed by atoms with Crippen LogP contribution >= 0.6 is 23.2 Å². The van der Waals surface area contributed by atoms with Gasteiger partial charge in [0.05, 0.1) is 13.2 Å². The van der Waals surface area contributed by atoms with Crippen LogP contribution in [-0.4, -0.2) is 45.9 Å². The van der Waals surface area contributed by atoms with Crippen LogP contribution in [0.25, 0.3) is 5.78 Å². The SMILES string of the molecule is Clc1cc(Cl)n2nc(N3CCOCC3)nc2n1. The maximum absolute atomic E-state index is 6.01. The molecule has 0 N–H and O–H groups in total. The molecule has 1 saturated heterocycles. The Kier molecular flexibility index (Phi) is 2.78. The lowest BCUT2D eigenvalue weighted by Gasteiger charge is -2.25. The van der Waals surface area contributed by atoms with Crippen molar-refractivity contribution in [3.05, 3.63) is 16.4 Å². The van der Waals surface area contributed by atoms with E-state index in [1.807, 2.05) is 4.90 Å². The van der Waals surface area contributed by atoms with Crippen LogP contribution in [0, 0.1) is 0 Å². The summed E-state index contributed by atoms with van der Waals surface area (Å²) < 4.78 is 6.74. The Morgan fingerprint density at radius 3 is 2.71 bits per heavy atom. The van der Waals surface area contributed by atoms with E-state index in [0.29, 0.717) is 35.2 Å². The topological polar surface area (TPSA) is 55.5 Å². The maximum Gasteiger partial charge on any atom is 0.256 e. The van der Waals surface area contributed by atoms with Crippen molar-refractivity contribution in [2.45, 2.75) is 0 Å². The fourth-order valence-electron chi connectivity index (χ4n) is 1.69. The molecule has 1 fully saturated rings. The predicted molar refractivity (Wildman–Crippen MR) is 63.8 cm³/mol. The number of aromatic nitrogens is 4. The first kappa shape index (κ1) is 11.0. The highest BCUT2D eigenvalue weighted by molar-refractivity contribution is 6.33. The van der Waals surface area contributed by atoms with Crippen LogP contribution in [0.2, 0.25) is 10.3 Å². The summed E-state index contributed by atoms with van der Waals surface area (Å²) in [5, 5.41) is 5.00. The summed E-state index contributed by atoms with van der Waals surface area (Å²) in [4.78, 5) is 10.4. The van der Waals surface area contributed by atoms with Gasteiger partial charge in [-0.05, 0) is 0 Å². The fraction of sp³-hybridized carbons (Fsp3) is 0.444. The van der Waals surface area contributed by atoms with E-state index in [-0.39, 0.29) is 0 Å². The van der Waals surface area contributed by atoms with Crippen molar-refractivity contribution in [2.75, 3.05) is 31.2 Å². The molecule has 0 aromatic carbocycles. The molecule has 6 nitrogen and oxygen atoms in total. The lowest BCUT2D eigenvalue weighted by Crippen LogP contribution is -2.36. The summed E-state index contributed by atoms with van der Waals surface area (Å²) in [5.41, 5.74) is 0. The molecule has 2 aromatic rings. The van der Waals surface area contributed by atoms with Gasteiger partial charge in [-0.3, -0.25) is 0 Å². The lowest BCUT2D eigenvalue weighted by molar-refractivity contribution is 0.122. The molecule has 8 heteroatoms. The summed E-state index contributed by atoms with van der Waals surface area (Å²) in [6.07, 6.45) is 0. The third-order valence-electron chi connectivity index (χ3n) is 2.52. The number of hydrogen-bond donors (Lipinski definition) is 0. The van der Waals surface area contributed by atoms with E-state index >= 15 is 0 Å². The van der Waals surface area contributed by atoms with Gasteiger partial charge in [0.15, 0.2) is 0 Å². The number of ether oxygens (including phenoxy) is 1. The summed E-state index contributed by atoms with van der Waals surface area (Å²) in [5.74, 6) is 1.01. The van der Waals surface area contributed by atoms with Gasteiger partial charge in [0.2, 0.25) is 5.95 Å². The molecule has 90 valence electrons. The van der Waals surface area contributed by atoms with Gasteiger partial charge in [-0.25, -0.2) is 0 Å². The Bertz CT molecular complexity index is 552. The van der Waals surface area contributed by atoms with Crippen LogP contribution in [0.4, 0.5) is 5.95 Å². The van der Waals surface area contributed by atoms with Crippen LogP contribution in [-0.2, 0) is 4.74 Å². The first-order valence-corrected chi connectivity index (χ1v) is 5.91. The first-order chi connectivity index (χ1) is 8.24. The second-order valence-electron chi connectivity index (χ2n) is 3.62. The number of hydrogen-bond acceptors (Lipinski definition) is 5. The zero-order valence-electron chi connectivity index (χ0n) is 8.81. The lowest BCUT2D eigenvalue weighted by atomic mass is 10.4. The molecule has 3 rings (SSSR count). The van der Waals surface area contributed by atoms with E-state index in [0.717, 1.165) is 13.1 Å². The second kappa shape index (κ2) is 4.29. The maximum atomic E-state index is 6.01. The van der Waals surface area contributed by atoms with Gasteiger partial charge in [-0.2, -0.15) is 14.5 Å². The van der Waals surface area contributed by atoms with Crippen LogP contribution in [0.5, 0.6) is 0 Å². The largest absolute Gasteiger partial charge is 0.378 e. The molecule has 2 aromatic heterocycles. The van der Waals surface area contributed by atoms with Crippen molar-refractivity contribution < 1.29 is 4.74 Å². The van der Waals surface area contributed by atoms with Crippen LogP contribution in [0.15, 0.2) is 6.07 Å². The average molecular weight is 274 g/mol. The Morgan fingerprint density at radius 2 is 1.94 bits per heavy atom. The van der Waals surface area contributed by atoms with Gasteiger partial charge in [-0.1, -0.05) is 23.2 Å². The Labute approximate surface area is 107 Å². The minimum atomic E-state index is 0.309. The molecule has 0 saturated carbocycles. The number of fused-ring (bicyclic) bond motifs is 1. The van der Waals surface area contributed by atoms with Gasteiger partial charge in [0, 0.05) is 19.2 Å². The summed E-state index contributed by atoms with van der Waals surface area (Å²) in [7, 11) is 0. The average Bonchev–Trinajstić information content (AvgIpc) is 2.74. The van der Waals surface area contributed by atoms with Crippen LogP contribution in [0.1, 0.15) is 0 Å². The number of morpholine rings is 1. The number of rotatable bonds is 1. The molecule has 17 heavy (non-hydrogen) atoms. The van der Waals surface area contributed by atoms with Crippen molar-refractivity contribution in [3.8, 4) is 0 Å². The van der Waals surface area contributed by atoms with Crippen LogP contribution in [0.3, 0.4) is 0 Å². The monoisotopic (exact) mass is 273 g/mol. The second-order valence-corrected chi connectivity index (χ2v) is 4.40. The molecule has 0 aliphatic carbocycles. The minimum absolute atomic E-state index is 0.309. The van der Waals surface area contributed by atoms with E-state index in [2.05, 4.69) is 15.1 Å². The van der Waals surface area contributed by atoms with Gasteiger partial charge in [-0.15, -0.1) is 5.10 Å². The van der Waals surface area contributed by atoms with E-state index < -0.39 is 0 Å². The third kappa shape index (κ3) is 2.03. The molecule has 0 radical (unpaired) electrons. The zero-order chi connectivity index (χ0) is 11.8. The van der Waals surface area contributed by atoms with Crippen LogP contribution < -0.4 is 4.90 Å². The number of nitrogens with zero attached hydrogens (tertiary/aromatic N) is 5. The van der Waals surface area contributed by atoms with Gasteiger partial charge < -0.3 is 9.64 Å². The van der Waals surface area contributed by atoms with E-state index in [9.17, 15) is 0 Å². The molecule has 0 bridgehead atoms. The Balaban J connectivity index is 2.03. The van der Waals surface area contributed by atoms with Crippen molar-refractivity contribution in [2.24, 2.45) is 0 Å². The van der Waals surface area contributed by atoms with E-state index in [1.165, 1.54) is 10.6 Å². The normalized spacial score (nSPS) is 16.7. The quantitative estimate of drug-likeness (QED) is 0.733. The molecule has 3 heterocycles. The molecule has 0 atom stereocenters. The van der Waals surface area contributed by atoms with Crippen molar-refractivity contribution >= 4 is 34.9 Å². The minimum Gasteiger partial charge on any atom is -0.378 e. The Morgan fingerprint density at radius 1 is 1.18 bits per heavy atom. The van der Waals surface area contributed by atoms with Crippen molar-refractivity contribution in [1.82, 2.24) is 19.6 Å². The number of anilines is 1. The number of halogens is 2. The third-order valence-corrected chi connectivity index (χ3v) is 2.98. The highest BCUT2D eigenvalue weighted by Gasteiger charge is 2.17. The van der Waals surface area contributed by atoms with Crippen molar-refractivity contribution in [3.63, 3.8) is 0 Å². The van der Waals surface area contributed by atoms with Gasteiger partial charge in [0.1, 0.15) is 10.3 Å². The summed E-state index contributed by atoms with van der Waals surface area (Å²) in [6, 6.07) is 1.54. The van der Waals surface area contributed by atoms with Gasteiger partial charge in [0.25, 0.3) is 5.78 Å². The molecule has 0 unspecified atom stereocenters. The zero-order valence-corrected chi connectivity index (χ0v) is 10.3. The highest BCUT2D eigenvalue weighted by atomic mass is 35.5. The van der Waals surface area contributed by atoms with Crippen molar-refractivity contribution in [1.29, 1.82) is 0 Å². The summed E-state index contributed by atoms with van der Waals surface area (Å²) in [6.45, 7) is 2.89. The first-order valence-electron chi connectivity index (χ1n) is 5.15. The molecule has 0 amide bonds. The van der Waals surface area contributed by atoms with E-state index in [1.54, 1.807) is 0 Å². The standard InChI is InChI=1S/C9H9Cl2N5O/c10-6-5-7(11)16-8(12-6)13-9(14-16)15-1-3-17-4-2-15/h5H,1-4H2. The fourth-order valence-corrected chi connectivity index (χ4v) is 2.15. The highest BCUT2D eigenvalue weighted by Crippen LogP contribution is 2.18.